The average Bonchev–Trinajstić information content (AvgIpc) is 2.14. The van der Waals surface area contributed by atoms with Crippen LogP contribution in [0.1, 0.15) is 24.2 Å². The highest BCUT2D eigenvalue weighted by Crippen LogP contribution is 2.24. The third-order valence-electron chi connectivity index (χ3n) is 1.97. The summed E-state index contributed by atoms with van der Waals surface area (Å²) in [4.78, 5) is 21.8. The number of benzene rings is 1. The molecule has 0 aliphatic heterocycles. The van der Waals surface area contributed by atoms with Crippen LogP contribution in [-0.4, -0.2) is 24.7 Å². The third-order valence-corrected chi connectivity index (χ3v) is 2.86. The van der Waals surface area contributed by atoms with E-state index in [9.17, 15) is 18.0 Å². The fourth-order valence-corrected chi connectivity index (χ4v) is 2.17. The lowest BCUT2D eigenvalue weighted by Gasteiger charge is -2.10. The number of carbonyl (C=O) groups excluding carboxylic acids is 2. The number of Topliss-reactive ketones (excluding diaryl/α,β-unsaturated/α-hetero) is 1. The second-order valence-corrected chi connectivity index (χ2v) is 4.78. The lowest BCUT2D eigenvalue weighted by atomic mass is 10.1. The number of hydrogen-bond acceptors (Lipinski definition) is 4. The Morgan fingerprint density at radius 2 is 1.82 bits per heavy atom. The van der Waals surface area contributed by atoms with Crippen molar-refractivity contribution in [1.82, 2.24) is 0 Å². The van der Waals surface area contributed by atoms with Crippen molar-refractivity contribution in [2.45, 2.75) is 18.7 Å². The normalized spacial score (nSPS) is 11.0. The highest BCUT2D eigenvalue weighted by atomic mass is 32.2. The molecule has 1 rings (SSSR count). The third kappa shape index (κ3) is 3.11. The first-order valence-corrected chi connectivity index (χ1v) is 6.06. The second-order valence-electron chi connectivity index (χ2n) is 3.39. The standard InChI is InChI=1S/C10H11NO5S/c1-6(12)10-8(11-7(2)13)4-3-5-9(10)17(14,15)16/h3-5H,1-2H3,(H,11,13)(H,14,15,16). The molecular formula is C10H11NO5S. The Bertz CT molecular complexity index is 576. The predicted molar refractivity (Wildman–Crippen MR) is 60.6 cm³/mol. The molecule has 0 saturated heterocycles. The van der Waals surface area contributed by atoms with Crippen molar-refractivity contribution in [2.24, 2.45) is 0 Å². The van der Waals surface area contributed by atoms with Crippen LogP contribution in [0.4, 0.5) is 5.69 Å². The average molecular weight is 257 g/mol. The van der Waals surface area contributed by atoms with Gasteiger partial charge in [-0.1, -0.05) is 6.07 Å². The molecule has 0 aliphatic rings. The van der Waals surface area contributed by atoms with Gasteiger partial charge in [-0.25, -0.2) is 0 Å². The molecule has 0 aromatic heterocycles. The Kier molecular flexibility index (Phi) is 3.64. The molecule has 0 bridgehead atoms. The molecular weight excluding hydrogens is 246 g/mol. The maximum Gasteiger partial charge on any atom is 0.295 e. The molecule has 1 aromatic carbocycles. The van der Waals surface area contributed by atoms with Crippen LogP contribution >= 0.6 is 0 Å². The number of rotatable bonds is 3. The van der Waals surface area contributed by atoms with Gasteiger partial charge in [-0.05, 0) is 19.1 Å². The van der Waals surface area contributed by atoms with Crippen LogP contribution in [-0.2, 0) is 14.9 Å². The molecule has 0 unspecified atom stereocenters. The molecule has 6 nitrogen and oxygen atoms in total. The van der Waals surface area contributed by atoms with Gasteiger partial charge in [0.2, 0.25) is 5.91 Å². The zero-order chi connectivity index (χ0) is 13.2. The van der Waals surface area contributed by atoms with Crippen LogP contribution in [0.2, 0.25) is 0 Å². The van der Waals surface area contributed by atoms with Crippen molar-refractivity contribution in [1.29, 1.82) is 0 Å². The van der Waals surface area contributed by atoms with Gasteiger partial charge in [-0.2, -0.15) is 8.42 Å². The topological polar surface area (TPSA) is 101 Å². The summed E-state index contributed by atoms with van der Waals surface area (Å²) in [6, 6.07) is 3.80. The summed E-state index contributed by atoms with van der Waals surface area (Å²) in [5, 5.41) is 2.33. The summed E-state index contributed by atoms with van der Waals surface area (Å²) in [6.07, 6.45) is 0. The summed E-state index contributed by atoms with van der Waals surface area (Å²) in [6.45, 7) is 2.37. The first-order chi connectivity index (χ1) is 7.73. The molecule has 0 fully saturated rings. The molecule has 0 heterocycles. The molecule has 7 heteroatoms. The highest BCUT2D eigenvalue weighted by molar-refractivity contribution is 7.86. The molecule has 92 valence electrons. The van der Waals surface area contributed by atoms with E-state index in [-0.39, 0.29) is 11.3 Å². The Balaban J connectivity index is 3.54. The molecule has 17 heavy (non-hydrogen) atoms. The first kappa shape index (κ1) is 13.3. The van der Waals surface area contributed by atoms with Crippen molar-refractivity contribution in [3.05, 3.63) is 23.8 Å². The molecule has 2 N–H and O–H groups in total. The van der Waals surface area contributed by atoms with Crippen LogP contribution in [0, 0.1) is 0 Å². The lowest BCUT2D eigenvalue weighted by molar-refractivity contribution is -0.114. The molecule has 0 radical (unpaired) electrons. The van der Waals surface area contributed by atoms with Gasteiger partial charge in [-0.3, -0.25) is 14.1 Å². The summed E-state index contributed by atoms with van der Waals surface area (Å²) in [7, 11) is -4.51. The molecule has 1 aromatic rings. The van der Waals surface area contributed by atoms with Gasteiger partial charge in [0.15, 0.2) is 5.78 Å². The van der Waals surface area contributed by atoms with E-state index in [0.29, 0.717) is 0 Å². The molecule has 0 atom stereocenters. The monoisotopic (exact) mass is 257 g/mol. The number of hydrogen-bond donors (Lipinski definition) is 2. The summed E-state index contributed by atoms with van der Waals surface area (Å²) in [5.41, 5.74) is -0.176. The first-order valence-electron chi connectivity index (χ1n) is 4.62. The molecule has 0 spiro atoms. The lowest BCUT2D eigenvalue weighted by Crippen LogP contribution is -2.13. The second kappa shape index (κ2) is 4.64. The smallest absolute Gasteiger partial charge is 0.295 e. The highest BCUT2D eigenvalue weighted by Gasteiger charge is 2.21. The minimum absolute atomic E-state index is 0.0557. The maximum absolute atomic E-state index is 11.4. The van der Waals surface area contributed by atoms with Crippen LogP contribution in [0.15, 0.2) is 23.1 Å². The Labute approximate surface area is 98.4 Å². The van der Waals surface area contributed by atoms with Gasteiger partial charge in [0.1, 0.15) is 4.90 Å². The van der Waals surface area contributed by atoms with Crippen LogP contribution < -0.4 is 5.32 Å². The Morgan fingerprint density at radius 3 is 2.24 bits per heavy atom. The van der Waals surface area contributed by atoms with E-state index in [1.165, 1.54) is 19.1 Å². The number of amides is 1. The number of anilines is 1. The van der Waals surface area contributed by atoms with E-state index >= 15 is 0 Å². The fourth-order valence-electron chi connectivity index (χ4n) is 1.40. The summed E-state index contributed by atoms with van der Waals surface area (Å²) < 4.78 is 31.2. The molecule has 1 amide bonds. The largest absolute Gasteiger partial charge is 0.326 e. The van der Waals surface area contributed by atoms with Crippen molar-refractivity contribution in [2.75, 3.05) is 5.32 Å². The van der Waals surface area contributed by atoms with Crippen molar-refractivity contribution < 1.29 is 22.6 Å². The van der Waals surface area contributed by atoms with E-state index in [1.807, 2.05) is 0 Å². The van der Waals surface area contributed by atoms with E-state index in [4.69, 9.17) is 4.55 Å². The Hall–Kier alpha value is -1.73. The van der Waals surface area contributed by atoms with E-state index in [0.717, 1.165) is 13.0 Å². The number of carbonyl (C=O) groups is 2. The number of nitrogens with one attached hydrogen (secondary N) is 1. The van der Waals surface area contributed by atoms with Gasteiger partial charge >= 0.3 is 0 Å². The molecule has 0 saturated carbocycles. The van der Waals surface area contributed by atoms with Crippen LogP contribution in [0.5, 0.6) is 0 Å². The van der Waals surface area contributed by atoms with Crippen molar-refractivity contribution in [3.8, 4) is 0 Å². The van der Waals surface area contributed by atoms with Gasteiger partial charge in [0, 0.05) is 6.92 Å². The van der Waals surface area contributed by atoms with Gasteiger partial charge < -0.3 is 5.32 Å². The van der Waals surface area contributed by atoms with Crippen LogP contribution in [0.3, 0.4) is 0 Å². The van der Waals surface area contributed by atoms with E-state index in [1.54, 1.807) is 0 Å². The van der Waals surface area contributed by atoms with E-state index in [2.05, 4.69) is 5.32 Å². The fraction of sp³-hybridized carbons (Fsp3) is 0.200. The minimum atomic E-state index is -4.51. The quantitative estimate of drug-likeness (QED) is 0.623. The SMILES string of the molecule is CC(=O)Nc1cccc(S(=O)(=O)O)c1C(C)=O. The summed E-state index contributed by atoms with van der Waals surface area (Å²) in [5.74, 6) is -1.01. The zero-order valence-electron chi connectivity index (χ0n) is 9.22. The van der Waals surface area contributed by atoms with Crippen molar-refractivity contribution >= 4 is 27.5 Å². The number of ketones is 1. The van der Waals surface area contributed by atoms with Gasteiger partial charge in [0.05, 0.1) is 11.3 Å². The van der Waals surface area contributed by atoms with Gasteiger partial charge in [0.25, 0.3) is 10.1 Å². The zero-order valence-corrected chi connectivity index (χ0v) is 10.0. The minimum Gasteiger partial charge on any atom is -0.326 e. The van der Waals surface area contributed by atoms with Gasteiger partial charge in [-0.15, -0.1) is 0 Å². The Morgan fingerprint density at radius 1 is 1.24 bits per heavy atom. The molecule has 0 aliphatic carbocycles. The summed E-state index contributed by atoms with van der Waals surface area (Å²) >= 11 is 0. The predicted octanol–water partition coefficient (Wildman–Crippen LogP) is 1.09. The van der Waals surface area contributed by atoms with Crippen LogP contribution in [0.25, 0.3) is 0 Å². The maximum atomic E-state index is 11.4. The van der Waals surface area contributed by atoms with Crippen molar-refractivity contribution in [3.63, 3.8) is 0 Å². The van der Waals surface area contributed by atoms with E-state index < -0.39 is 26.7 Å².